The lowest BCUT2D eigenvalue weighted by molar-refractivity contribution is 0.235. The summed E-state index contributed by atoms with van der Waals surface area (Å²) in [6, 6.07) is 4.17. The van der Waals surface area contributed by atoms with E-state index >= 15 is 0 Å². The Morgan fingerprint density at radius 1 is 1.36 bits per heavy atom. The fourth-order valence-electron chi connectivity index (χ4n) is 3.45. The third-order valence-corrected chi connectivity index (χ3v) is 4.53. The number of rotatable bonds is 3. The van der Waals surface area contributed by atoms with Gasteiger partial charge in [0, 0.05) is 59.9 Å². The number of pyridine rings is 2. The summed E-state index contributed by atoms with van der Waals surface area (Å²) in [5, 5.41) is 9.20. The third kappa shape index (κ3) is 2.97. The summed E-state index contributed by atoms with van der Waals surface area (Å²) < 4.78 is 0. The Hall–Kier alpha value is -2.83. The average molecular weight is 338 g/mol. The Labute approximate surface area is 145 Å². The number of carbonyl (C=O) groups excluding carboxylic acids is 1. The predicted molar refractivity (Wildman–Crippen MR) is 98.8 cm³/mol. The van der Waals surface area contributed by atoms with E-state index in [-0.39, 0.29) is 18.1 Å². The second-order valence-electron chi connectivity index (χ2n) is 6.80. The van der Waals surface area contributed by atoms with Crippen LogP contribution >= 0.6 is 0 Å². The number of hydrogen-bond acceptors (Lipinski definition) is 4. The van der Waals surface area contributed by atoms with Crippen LogP contribution in [-0.4, -0.2) is 46.2 Å². The van der Waals surface area contributed by atoms with E-state index in [0.29, 0.717) is 0 Å². The Morgan fingerprint density at radius 2 is 2.24 bits per heavy atom. The number of aromatic amines is 1. The SMILES string of the molecule is CC(C)NC(=O)NC1CCN(c2nccc3cnc4[nH]ccc4c23)C1. The molecular weight excluding hydrogens is 316 g/mol. The molecule has 1 unspecified atom stereocenters. The molecule has 4 rings (SSSR count). The van der Waals surface area contributed by atoms with Crippen molar-refractivity contribution in [1.82, 2.24) is 25.6 Å². The zero-order chi connectivity index (χ0) is 17.4. The van der Waals surface area contributed by atoms with Crippen LogP contribution in [0.2, 0.25) is 0 Å². The lowest BCUT2D eigenvalue weighted by Crippen LogP contribution is -2.45. The van der Waals surface area contributed by atoms with Gasteiger partial charge < -0.3 is 20.5 Å². The van der Waals surface area contributed by atoms with Gasteiger partial charge in [-0.3, -0.25) is 0 Å². The van der Waals surface area contributed by atoms with Gasteiger partial charge in [-0.15, -0.1) is 0 Å². The van der Waals surface area contributed by atoms with Crippen molar-refractivity contribution in [2.45, 2.75) is 32.4 Å². The summed E-state index contributed by atoms with van der Waals surface area (Å²) in [6.07, 6.45) is 6.51. The Bertz CT molecular complexity index is 918. The fourth-order valence-corrected chi connectivity index (χ4v) is 3.45. The lowest BCUT2D eigenvalue weighted by atomic mass is 10.1. The highest BCUT2D eigenvalue weighted by molar-refractivity contribution is 6.10. The number of urea groups is 1. The quantitative estimate of drug-likeness (QED) is 0.684. The molecule has 25 heavy (non-hydrogen) atoms. The first-order valence-corrected chi connectivity index (χ1v) is 8.64. The van der Waals surface area contributed by atoms with Gasteiger partial charge in [-0.05, 0) is 32.4 Å². The molecule has 0 spiro atoms. The van der Waals surface area contributed by atoms with Gasteiger partial charge in [0.25, 0.3) is 0 Å². The first-order chi connectivity index (χ1) is 12.1. The molecular formula is C18H22N6O. The van der Waals surface area contributed by atoms with Gasteiger partial charge in [-0.1, -0.05) is 0 Å². The van der Waals surface area contributed by atoms with Crippen molar-refractivity contribution in [1.29, 1.82) is 0 Å². The number of nitrogens with zero attached hydrogens (tertiary/aromatic N) is 3. The van der Waals surface area contributed by atoms with E-state index in [2.05, 4.69) is 30.5 Å². The number of hydrogen-bond donors (Lipinski definition) is 3. The normalized spacial score (nSPS) is 17.6. The highest BCUT2D eigenvalue weighted by Gasteiger charge is 2.26. The summed E-state index contributed by atoms with van der Waals surface area (Å²) in [4.78, 5) is 26.4. The molecule has 0 radical (unpaired) electrons. The van der Waals surface area contributed by atoms with Crippen LogP contribution in [0.15, 0.2) is 30.7 Å². The molecule has 1 fully saturated rings. The highest BCUT2D eigenvalue weighted by atomic mass is 16.2. The minimum Gasteiger partial charge on any atom is -0.354 e. The van der Waals surface area contributed by atoms with Crippen LogP contribution in [0.3, 0.4) is 0 Å². The molecule has 1 atom stereocenters. The lowest BCUT2D eigenvalue weighted by Gasteiger charge is -2.20. The van der Waals surface area contributed by atoms with Crippen molar-refractivity contribution in [3.63, 3.8) is 0 Å². The van der Waals surface area contributed by atoms with Crippen molar-refractivity contribution in [2.75, 3.05) is 18.0 Å². The zero-order valence-corrected chi connectivity index (χ0v) is 14.4. The summed E-state index contributed by atoms with van der Waals surface area (Å²) in [7, 11) is 0. The van der Waals surface area contributed by atoms with Gasteiger partial charge >= 0.3 is 6.03 Å². The van der Waals surface area contributed by atoms with E-state index in [1.807, 2.05) is 44.6 Å². The molecule has 0 saturated carbocycles. The van der Waals surface area contributed by atoms with Crippen molar-refractivity contribution in [2.24, 2.45) is 0 Å². The molecule has 3 aromatic rings. The Kier molecular flexibility index (Phi) is 3.91. The van der Waals surface area contributed by atoms with E-state index in [1.54, 1.807) is 0 Å². The van der Waals surface area contributed by atoms with Crippen molar-refractivity contribution in [3.05, 3.63) is 30.7 Å². The average Bonchev–Trinajstić information content (AvgIpc) is 3.22. The fraction of sp³-hybridized carbons (Fsp3) is 0.389. The van der Waals surface area contributed by atoms with Gasteiger partial charge in [0.2, 0.25) is 0 Å². The molecule has 2 amide bonds. The monoisotopic (exact) mass is 338 g/mol. The maximum atomic E-state index is 11.9. The molecule has 0 aliphatic carbocycles. The standard InChI is InChI=1S/C18H22N6O/c1-11(2)22-18(25)23-13-5-8-24(10-13)17-15-12(3-6-20-17)9-21-16-14(15)4-7-19-16/h3-4,6-7,9,11,13H,5,8,10H2,1-2H3,(H,19,21)(H2,22,23,25). The second-order valence-corrected chi connectivity index (χ2v) is 6.80. The van der Waals surface area contributed by atoms with Gasteiger partial charge in [-0.25, -0.2) is 14.8 Å². The van der Waals surface area contributed by atoms with Gasteiger partial charge in [0.1, 0.15) is 11.5 Å². The first kappa shape index (κ1) is 15.7. The molecule has 1 saturated heterocycles. The molecule has 0 aromatic carbocycles. The maximum absolute atomic E-state index is 11.9. The Morgan fingerprint density at radius 3 is 3.08 bits per heavy atom. The maximum Gasteiger partial charge on any atom is 0.315 e. The van der Waals surface area contributed by atoms with Crippen molar-refractivity contribution >= 4 is 33.7 Å². The summed E-state index contributed by atoms with van der Waals surface area (Å²) in [5.41, 5.74) is 0.868. The zero-order valence-electron chi connectivity index (χ0n) is 14.4. The molecule has 7 heteroatoms. The predicted octanol–water partition coefficient (Wildman–Crippen LogP) is 2.40. The van der Waals surface area contributed by atoms with E-state index in [1.165, 1.54) is 0 Å². The molecule has 1 aliphatic rings. The van der Waals surface area contributed by atoms with Crippen molar-refractivity contribution in [3.8, 4) is 0 Å². The van der Waals surface area contributed by atoms with E-state index in [9.17, 15) is 4.79 Å². The topological polar surface area (TPSA) is 85.9 Å². The van der Waals surface area contributed by atoms with Crippen LogP contribution in [0.5, 0.6) is 0 Å². The molecule has 3 aromatic heterocycles. The smallest absolute Gasteiger partial charge is 0.315 e. The van der Waals surface area contributed by atoms with Crippen LogP contribution in [0.1, 0.15) is 20.3 Å². The molecule has 1 aliphatic heterocycles. The second kappa shape index (κ2) is 6.23. The van der Waals surface area contributed by atoms with E-state index < -0.39 is 0 Å². The summed E-state index contributed by atoms with van der Waals surface area (Å²) in [5.74, 6) is 0.957. The first-order valence-electron chi connectivity index (χ1n) is 8.64. The molecule has 7 nitrogen and oxygen atoms in total. The number of amides is 2. The van der Waals surface area contributed by atoms with Gasteiger partial charge in [-0.2, -0.15) is 0 Å². The number of carbonyl (C=O) groups is 1. The van der Waals surface area contributed by atoms with Crippen molar-refractivity contribution < 1.29 is 4.79 Å². The van der Waals surface area contributed by atoms with Crippen LogP contribution in [0.4, 0.5) is 10.6 Å². The van der Waals surface area contributed by atoms with Crippen LogP contribution in [0.25, 0.3) is 21.8 Å². The highest BCUT2D eigenvalue weighted by Crippen LogP contribution is 2.32. The largest absolute Gasteiger partial charge is 0.354 e. The molecule has 4 heterocycles. The Balaban J connectivity index is 1.60. The van der Waals surface area contributed by atoms with Gasteiger partial charge in [0.05, 0.1) is 0 Å². The van der Waals surface area contributed by atoms with Crippen LogP contribution < -0.4 is 15.5 Å². The third-order valence-electron chi connectivity index (χ3n) is 4.53. The number of fused-ring (bicyclic) bond motifs is 3. The summed E-state index contributed by atoms with van der Waals surface area (Å²) >= 11 is 0. The number of aromatic nitrogens is 3. The number of nitrogens with one attached hydrogen (secondary N) is 3. The minimum atomic E-state index is -0.107. The number of H-pyrrole nitrogens is 1. The van der Waals surface area contributed by atoms with E-state index in [0.717, 1.165) is 47.1 Å². The molecule has 3 N–H and O–H groups in total. The van der Waals surface area contributed by atoms with Crippen LogP contribution in [-0.2, 0) is 0 Å². The minimum absolute atomic E-state index is 0.107. The molecule has 130 valence electrons. The van der Waals surface area contributed by atoms with Crippen LogP contribution in [0, 0.1) is 0 Å². The molecule has 0 bridgehead atoms. The van der Waals surface area contributed by atoms with Gasteiger partial charge in [0.15, 0.2) is 0 Å². The number of anilines is 1. The summed E-state index contributed by atoms with van der Waals surface area (Å²) in [6.45, 7) is 5.53. The van der Waals surface area contributed by atoms with E-state index in [4.69, 9.17) is 0 Å².